The molecule has 1 rings (SSSR count). The molecule has 8 heteroatoms. The smallest absolute Gasteiger partial charge is 0.407 e. The molecule has 1 amide bonds. The Morgan fingerprint density at radius 2 is 2.13 bits per heavy atom. The minimum absolute atomic E-state index is 0.0324. The van der Waals surface area contributed by atoms with Crippen LogP contribution in [0.5, 0.6) is 0 Å². The Morgan fingerprint density at radius 3 is 2.70 bits per heavy atom. The summed E-state index contributed by atoms with van der Waals surface area (Å²) in [6, 6.07) is 0.0884. The van der Waals surface area contributed by atoms with Gasteiger partial charge in [-0.2, -0.15) is 0 Å². The molecule has 0 bridgehead atoms. The quantitative estimate of drug-likeness (QED) is 0.656. The van der Waals surface area contributed by atoms with E-state index in [9.17, 15) is 4.79 Å². The summed E-state index contributed by atoms with van der Waals surface area (Å²) >= 11 is 0. The van der Waals surface area contributed by atoms with Crippen LogP contribution in [0.2, 0.25) is 0 Å². The minimum Gasteiger partial charge on any atom is -0.444 e. The first-order chi connectivity index (χ1) is 10.7. The number of carbonyl (C=O) groups excluding carboxylic acids is 1. The largest absolute Gasteiger partial charge is 0.444 e. The Bertz CT molecular complexity index is 482. The topological polar surface area (TPSA) is 101 Å². The Kier molecular flexibility index (Phi) is 7.44. The summed E-state index contributed by atoms with van der Waals surface area (Å²) < 4.78 is 6.83. The van der Waals surface area contributed by atoms with Crippen LogP contribution in [-0.2, 0) is 17.8 Å². The molecule has 1 aromatic rings. The fourth-order valence-corrected chi connectivity index (χ4v) is 1.92. The molecule has 0 aliphatic rings. The molecule has 0 aromatic carbocycles. The summed E-state index contributed by atoms with van der Waals surface area (Å²) in [6.07, 6.45) is 1.38. The lowest BCUT2D eigenvalue weighted by Crippen LogP contribution is -2.45. The van der Waals surface area contributed by atoms with Gasteiger partial charge >= 0.3 is 6.09 Å². The van der Waals surface area contributed by atoms with Gasteiger partial charge in [0.1, 0.15) is 5.60 Å². The molecule has 0 radical (unpaired) electrons. The molecule has 3 N–H and O–H groups in total. The fourth-order valence-electron chi connectivity index (χ4n) is 1.92. The lowest BCUT2D eigenvalue weighted by atomic mass is 10.0. The molecule has 0 saturated heterocycles. The highest BCUT2D eigenvalue weighted by molar-refractivity contribution is 5.67. The second kappa shape index (κ2) is 8.83. The Balaban J connectivity index is 2.44. The number of aromatic nitrogens is 3. The molecule has 1 heterocycles. The minimum atomic E-state index is -0.504. The molecular weight excluding hydrogens is 298 g/mol. The molecule has 1 aromatic heterocycles. The molecule has 1 unspecified atom stereocenters. The van der Waals surface area contributed by atoms with Crippen molar-refractivity contribution in [1.29, 1.82) is 0 Å². The lowest BCUT2D eigenvalue weighted by molar-refractivity contribution is 0.0519. The summed E-state index contributed by atoms with van der Waals surface area (Å²) in [6.45, 7) is 11.1. The Morgan fingerprint density at radius 1 is 1.43 bits per heavy atom. The van der Waals surface area contributed by atoms with Crippen molar-refractivity contribution in [1.82, 2.24) is 25.6 Å². The number of hydrogen-bond donors (Lipinski definition) is 3. The first-order valence-corrected chi connectivity index (χ1v) is 7.91. The third-order valence-corrected chi connectivity index (χ3v) is 3.13. The third-order valence-electron chi connectivity index (χ3n) is 3.13. The predicted octanol–water partition coefficient (Wildman–Crippen LogP) is 0.909. The van der Waals surface area contributed by atoms with Crippen molar-refractivity contribution >= 4 is 6.09 Å². The van der Waals surface area contributed by atoms with Crippen molar-refractivity contribution in [2.24, 2.45) is 5.92 Å². The van der Waals surface area contributed by atoms with Gasteiger partial charge in [0, 0.05) is 25.3 Å². The van der Waals surface area contributed by atoms with Gasteiger partial charge in [-0.25, -0.2) is 9.48 Å². The number of nitrogens with one attached hydrogen (secondary N) is 2. The molecule has 1 atom stereocenters. The van der Waals surface area contributed by atoms with Crippen molar-refractivity contribution in [3.63, 3.8) is 0 Å². The first-order valence-electron chi connectivity index (χ1n) is 7.91. The van der Waals surface area contributed by atoms with Gasteiger partial charge < -0.3 is 20.5 Å². The van der Waals surface area contributed by atoms with E-state index >= 15 is 0 Å². The number of nitrogens with zero attached hydrogens (tertiary/aromatic N) is 3. The number of aliphatic hydroxyl groups is 1. The zero-order valence-corrected chi connectivity index (χ0v) is 14.7. The molecule has 0 fully saturated rings. The number of alkyl carbamates (subject to hydrolysis) is 1. The van der Waals surface area contributed by atoms with Gasteiger partial charge in [0.2, 0.25) is 0 Å². The van der Waals surface area contributed by atoms with Gasteiger partial charge in [-0.3, -0.25) is 0 Å². The van der Waals surface area contributed by atoms with Crippen LogP contribution in [-0.4, -0.2) is 51.0 Å². The van der Waals surface area contributed by atoms with E-state index in [2.05, 4.69) is 34.8 Å². The highest BCUT2D eigenvalue weighted by atomic mass is 16.6. The van der Waals surface area contributed by atoms with Crippen LogP contribution >= 0.6 is 0 Å². The van der Waals surface area contributed by atoms with Crippen molar-refractivity contribution in [3.05, 3.63) is 11.9 Å². The van der Waals surface area contributed by atoms with Crippen molar-refractivity contribution in [3.8, 4) is 0 Å². The summed E-state index contributed by atoms with van der Waals surface area (Å²) in [5.41, 5.74) is 0.289. The third kappa shape index (κ3) is 7.94. The van der Waals surface area contributed by atoms with Gasteiger partial charge in [-0.05, 0) is 26.7 Å². The van der Waals surface area contributed by atoms with Gasteiger partial charge in [0.05, 0.1) is 18.8 Å². The van der Waals surface area contributed by atoms with Crippen LogP contribution in [0.1, 0.15) is 40.3 Å². The van der Waals surface area contributed by atoms with E-state index in [1.165, 1.54) is 0 Å². The van der Waals surface area contributed by atoms with Crippen LogP contribution in [0.4, 0.5) is 4.79 Å². The summed E-state index contributed by atoms with van der Waals surface area (Å²) in [5, 5.41) is 23.0. The maximum absolute atomic E-state index is 11.7. The number of aliphatic hydroxyl groups excluding tert-OH is 1. The average Bonchev–Trinajstić information content (AvgIpc) is 2.84. The number of carbonyl (C=O) groups is 1. The second-order valence-corrected chi connectivity index (χ2v) is 6.81. The van der Waals surface area contributed by atoms with Gasteiger partial charge in [0.15, 0.2) is 0 Å². The number of rotatable bonds is 8. The van der Waals surface area contributed by atoms with E-state index < -0.39 is 11.7 Å². The monoisotopic (exact) mass is 327 g/mol. The lowest BCUT2D eigenvalue weighted by Gasteiger charge is -2.24. The van der Waals surface area contributed by atoms with Crippen LogP contribution in [0.15, 0.2) is 6.20 Å². The van der Waals surface area contributed by atoms with Crippen molar-refractivity contribution < 1.29 is 14.6 Å². The second-order valence-electron chi connectivity index (χ2n) is 6.81. The van der Waals surface area contributed by atoms with Crippen molar-refractivity contribution in [2.45, 2.75) is 59.4 Å². The van der Waals surface area contributed by atoms with E-state index in [0.29, 0.717) is 25.6 Å². The zero-order valence-electron chi connectivity index (χ0n) is 14.7. The summed E-state index contributed by atoms with van der Waals surface area (Å²) in [7, 11) is 0. The fraction of sp³-hybridized carbons (Fsp3) is 0.800. The number of ether oxygens (including phenoxy) is 1. The standard InChI is InChI=1S/C15H29N5O3/c1-11(2)13(9-17-14(22)23-15(3,4)5)16-8-12-10-20(6-7-21)19-18-12/h10-11,13,16,21H,6-9H2,1-5H3,(H,17,22). The Labute approximate surface area is 137 Å². The highest BCUT2D eigenvalue weighted by Gasteiger charge is 2.19. The molecule has 132 valence electrons. The van der Waals surface area contributed by atoms with E-state index in [1.807, 2.05) is 20.8 Å². The predicted molar refractivity (Wildman–Crippen MR) is 86.8 cm³/mol. The van der Waals surface area contributed by atoms with Crippen molar-refractivity contribution in [2.75, 3.05) is 13.2 Å². The van der Waals surface area contributed by atoms with E-state index in [0.717, 1.165) is 5.69 Å². The molecule has 0 aliphatic carbocycles. The molecule has 8 nitrogen and oxygen atoms in total. The van der Waals surface area contributed by atoms with E-state index in [4.69, 9.17) is 9.84 Å². The van der Waals surface area contributed by atoms with Crippen LogP contribution in [0, 0.1) is 5.92 Å². The Hall–Kier alpha value is -1.67. The number of amides is 1. The zero-order chi connectivity index (χ0) is 17.5. The van der Waals surface area contributed by atoms with E-state index in [1.54, 1.807) is 10.9 Å². The summed E-state index contributed by atoms with van der Waals surface area (Å²) in [5.74, 6) is 0.331. The average molecular weight is 327 g/mol. The highest BCUT2D eigenvalue weighted by Crippen LogP contribution is 2.07. The van der Waals surface area contributed by atoms with Gasteiger partial charge in [-0.15, -0.1) is 5.10 Å². The number of hydrogen-bond acceptors (Lipinski definition) is 6. The molecule has 23 heavy (non-hydrogen) atoms. The van der Waals surface area contributed by atoms with Crippen LogP contribution < -0.4 is 10.6 Å². The van der Waals surface area contributed by atoms with E-state index in [-0.39, 0.29) is 12.6 Å². The van der Waals surface area contributed by atoms with Crippen LogP contribution in [0.25, 0.3) is 0 Å². The SMILES string of the molecule is CC(C)C(CNC(=O)OC(C)(C)C)NCc1cn(CCO)nn1. The molecule has 0 saturated carbocycles. The molecule has 0 spiro atoms. The van der Waals surface area contributed by atoms with Crippen LogP contribution in [0.3, 0.4) is 0 Å². The first kappa shape index (κ1) is 19.4. The molecule has 0 aliphatic heterocycles. The normalized spacial score (nSPS) is 13.2. The molecular formula is C15H29N5O3. The van der Waals surface area contributed by atoms with Gasteiger partial charge in [0.25, 0.3) is 0 Å². The maximum atomic E-state index is 11.7. The maximum Gasteiger partial charge on any atom is 0.407 e. The van der Waals surface area contributed by atoms with Gasteiger partial charge in [-0.1, -0.05) is 19.1 Å². The summed E-state index contributed by atoms with van der Waals surface area (Å²) in [4.78, 5) is 11.7.